The average molecular weight is 211 g/mol. The first-order valence-electron chi connectivity index (χ1n) is 4.58. The van der Waals surface area contributed by atoms with Gasteiger partial charge in [0.2, 0.25) is 0 Å². The van der Waals surface area contributed by atoms with Gasteiger partial charge in [-0.2, -0.15) is 0 Å². The zero-order valence-electron chi connectivity index (χ0n) is 8.43. The fourth-order valence-corrected chi connectivity index (χ4v) is 1.19. The number of amides is 1. The van der Waals surface area contributed by atoms with E-state index < -0.39 is 6.09 Å². The molecule has 1 aromatic heterocycles. The van der Waals surface area contributed by atoms with Crippen molar-refractivity contribution in [2.24, 2.45) is 7.05 Å². The molecule has 1 heterocycles. The van der Waals surface area contributed by atoms with Gasteiger partial charge in [-0.15, -0.1) is 0 Å². The Morgan fingerprint density at radius 2 is 2.33 bits per heavy atom. The SMILES string of the molecule is Cn1ccnc1C(=O)CCCNC(=O)O. The molecule has 0 spiro atoms. The van der Waals surface area contributed by atoms with Crippen LogP contribution in [0.1, 0.15) is 23.5 Å². The number of hydrogen-bond acceptors (Lipinski definition) is 3. The van der Waals surface area contributed by atoms with Crippen LogP contribution >= 0.6 is 0 Å². The molecule has 1 amide bonds. The molecule has 0 aliphatic heterocycles. The number of nitrogens with zero attached hydrogens (tertiary/aromatic N) is 2. The number of aromatic nitrogens is 2. The number of carbonyl (C=O) groups is 2. The van der Waals surface area contributed by atoms with E-state index >= 15 is 0 Å². The van der Waals surface area contributed by atoms with E-state index in [4.69, 9.17) is 5.11 Å². The number of carboxylic acid groups (broad SMARTS) is 1. The Morgan fingerprint density at radius 1 is 1.60 bits per heavy atom. The van der Waals surface area contributed by atoms with Gasteiger partial charge < -0.3 is 15.0 Å². The van der Waals surface area contributed by atoms with Crippen LogP contribution in [-0.4, -0.2) is 33.1 Å². The van der Waals surface area contributed by atoms with E-state index in [1.807, 2.05) is 0 Å². The van der Waals surface area contributed by atoms with E-state index in [1.54, 1.807) is 24.0 Å². The lowest BCUT2D eigenvalue weighted by molar-refractivity contribution is 0.0966. The maximum Gasteiger partial charge on any atom is 0.404 e. The summed E-state index contributed by atoms with van der Waals surface area (Å²) in [5.41, 5.74) is 0. The highest BCUT2D eigenvalue weighted by Gasteiger charge is 2.09. The average Bonchev–Trinajstić information content (AvgIpc) is 2.58. The molecule has 0 saturated heterocycles. The topological polar surface area (TPSA) is 84.2 Å². The molecule has 0 aromatic carbocycles. The van der Waals surface area contributed by atoms with Gasteiger partial charge in [0.05, 0.1) is 0 Å². The predicted octanol–water partition coefficient (Wildman–Crippen LogP) is 0.651. The molecular weight excluding hydrogens is 198 g/mol. The van der Waals surface area contributed by atoms with Gasteiger partial charge in [-0.3, -0.25) is 4.79 Å². The Kier molecular flexibility index (Phi) is 3.84. The number of ketones is 1. The monoisotopic (exact) mass is 211 g/mol. The van der Waals surface area contributed by atoms with Crippen LogP contribution < -0.4 is 5.32 Å². The zero-order valence-corrected chi connectivity index (χ0v) is 8.43. The standard InChI is InChI=1S/C9H13N3O3/c1-12-6-5-10-8(12)7(13)3-2-4-11-9(14)15/h5-6,11H,2-4H2,1H3,(H,14,15). The number of rotatable bonds is 5. The summed E-state index contributed by atoms with van der Waals surface area (Å²) in [5.74, 6) is 0.333. The molecule has 0 radical (unpaired) electrons. The fraction of sp³-hybridized carbons (Fsp3) is 0.444. The summed E-state index contributed by atoms with van der Waals surface area (Å²) >= 11 is 0. The van der Waals surface area contributed by atoms with Gasteiger partial charge in [0.15, 0.2) is 11.6 Å². The fourth-order valence-electron chi connectivity index (χ4n) is 1.19. The van der Waals surface area contributed by atoms with Crippen LogP contribution in [-0.2, 0) is 7.05 Å². The Balaban J connectivity index is 2.31. The minimum atomic E-state index is -1.07. The quantitative estimate of drug-likeness (QED) is 0.553. The van der Waals surface area contributed by atoms with Gasteiger partial charge in [0, 0.05) is 32.4 Å². The van der Waals surface area contributed by atoms with E-state index in [0.717, 1.165) is 0 Å². The molecule has 0 fully saturated rings. The molecule has 0 saturated carbocycles. The maximum atomic E-state index is 11.5. The number of Topliss-reactive ketones (excluding diaryl/α,β-unsaturated/α-hetero) is 1. The van der Waals surface area contributed by atoms with Crippen molar-refractivity contribution in [1.29, 1.82) is 0 Å². The largest absolute Gasteiger partial charge is 0.465 e. The van der Waals surface area contributed by atoms with Crippen molar-refractivity contribution in [3.8, 4) is 0 Å². The third-order valence-electron chi connectivity index (χ3n) is 1.93. The van der Waals surface area contributed by atoms with Gasteiger partial charge in [-0.25, -0.2) is 9.78 Å². The summed E-state index contributed by atoms with van der Waals surface area (Å²) in [6.07, 6.45) is 2.97. The van der Waals surface area contributed by atoms with Crippen LogP contribution in [0.5, 0.6) is 0 Å². The molecule has 0 aliphatic rings. The van der Waals surface area contributed by atoms with Crippen molar-refractivity contribution in [2.75, 3.05) is 6.54 Å². The third-order valence-corrected chi connectivity index (χ3v) is 1.93. The second-order valence-corrected chi connectivity index (χ2v) is 3.12. The molecule has 0 unspecified atom stereocenters. The van der Waals surface area contributed by atoms with Crippen LogP contribution in [0, 0.1) is 0 Å². The van der Waals surface area contributed by atoms with E-state index in [0.29, 0.717) is 18.7 Å². The lowest BCUT2D eigenvalue weighted by Crippen LogP contribution is -2.22. The van der Waals surface area contributed by atoms with Gasteiger partial charge in [0.25, 0.3) is 0 Å². The lowest BCUT2D eigenvalue weighted by Gasteiger charge is -2.01. The Labute approximate surface area is 86.9 Å². The Bertz CT molecular complexity index is 359. The lowest BCUT2D eigenvalue weighted by atomic mass is 10.2. The van der Waals surface area contributed by atoms with Gasteiger partial charge in [0.1, 0.15) is 0 Å². The first-order valence-corrected chi connectivity index (χ1v) is 4.58. The zero-order chi connectivity index (χ0) is 11.3. The minimum Gasteiger partial charge on any atom is -0.465 e. The molecule has 6 nitrogen and oxygen atoms in total. The smallest absolute Gasteiger partial charge is 0.404 e. The Hall–Kier alpha value is -1.85. The highest BCUT2D eigenvalue weighted by Crippen LogP contribution is 2.01. The van der Waals surface area contributed by atoms with Crippen LogP contribution in [0.4, 0.5) is 4.79 Å². The minimum absolute atomic E-state index is 0.0744. The summed E-state index contributed by atoms with van der Waals surface area (Å²) in [6, 6.07) is 0. The third kappa shape index (κ3) is 3.41. The van der Waals surface area contributed by atoms with Crippen molar-refractivity contribution in [2.45, 2.75) is 12.8 Å². The first kappa shape index (κ1) is 11.2. The second-order valence-electron chi connectivity index (χ2n) is 3.12. The van der Waals surface area contributed by atoms with E-state index in [9.17, 15) is 9.59 Å². The van der Waals surface area contributed by atoms with Crippen molar-refractivity contribution in [1.82, 2.24) is 14.9 Å². The van der Waals surface area contributed by atoms with E-state index in [1.165, 1.54) is 0 Å². The molecule has 1 aromatic rings. The molecular formula is C9H13N3O3. The second kappa shape index (κ2) is 5.14. The molecule has 0 aliphatic carbocycles. The number of aryl methyl sites for hydroxylation is 1. The first-order chi connectivity index (χ1) is 7.11. The van der Waals surface area contributed by atoms with Crippen molar-refractivity contribution in [3.63, 3.8) is 0 Å². The molecule has 15 heavy (non-hydrogen) atoms. The van der Waals surface area contributed by atoms with E-state index in [2.05, 4.69) is 10.3 Å². The summed E-state index contributed by atoms with van der Waals surface area (Å²) in [7, 11) is 1.75. The summed E-state index contributed by atoms with van der Waals surface area (Å²) in [5, 5.41) is 10.5. The predicted molar refractivity (Wildman–Crippen MR) is 52.8 cm³/mol. The molecule has 6 heteroatoms. The highest BCUT2D eigenvalue weighted by atomic mass is 16.4. The molecule has 82 valence electrons. The maximum absolute atomic E-state index is 11.5. The van der Waals surface area contributed by atoms with Crippen molar-refractivity contribution in [3.05, 3.63) is 18.2 Å². The van der Waals surface area contributed by atoms with Crippen LogP contribution in [0.3, 0.4) is 0 Å². The van der Waals surface area contributed by atoms with E-state index in [-0.39, 0.29) is 12.3 Å². The van der Waals surface area contributed by atoms with Crippen LogP contribution in [0.15, 0.2) is 12.4 Å². The van der Waals surface area contributed by atoms with Gasteiger partial charge >= 0.3 is 6.09 Å². The molecule has 2 N–H and O–H groups in total. The van der Waals surface area contributed by atoms with Crippen molar-refractivity contribution < 1.29 is 14.7 Å². The highest BCUT2D eigenvalue weighted by molar-refractivity contribution is 5.92. The number of imidazole rings is 1. The normalized spacial score (nSPS) is 9.93. The summed E-state index contributed by atoms with van der Waals surface area (Å²) in [6.45, 7) is 0.283. The molecule has 0 bridgehead atoms. The molecule has 0 atom stereocenters. The summed E-state index contributed by atoms with van der Waals surface area (Å²) in [4.78, 5) is 25.5. The summed E-state index contributed by atoms with van der Waals surface area (Å²) < 4.78 is 1.65. The Morgan fingerprint density at radius 3 is 2.87 bits per heavy atom. The number of hydrogen-bond donors (Lipinski definition) is 2. The number of nitrogens with one attached hydrogen (secondary N) is 1. The van der Waals surface area contributed by atoms with Gasteiger partial charge in [-0.1, -0.05) is 0 Å². The van der Waals surface area contributed by atoms with Crippen LogP contribution in [0.25, 0.3) is 0 Å². The van der Waals surface area contributed by atoms with Gasteiger partial charge in [-0.05, 0) is 6.42 Å². The van der Waals surface area contributed by atoms with Crippen molar-refractivity contribution >= 4 is 11.9 Å². The number of carbonyl (C=O) groups excluding carboxylic acids is 1. The van der Waals surface area contributed by atoms with Crippen LogP contribution in [0.2, 0.25) is 0 Å². The molecule has 1 rings (SSSR count).